The largest absolute Gasteiger partial charge is 0.384 e. The lowest BCUT2D eigenvalue weighted by molar-refractivity contribution is 1.11. The fourth-order valence-electron chi connectivity index (χ4n) is 2.94. The zero-order valence-electron chi connectivity index (χ0n) is 12.7. The molecule has 0 saturated heterocycles. The first-order valence-corrected chi connectivity index (χ1v) is 8.19. The Morgan fingerprint density at radius 2 is 1.72 bits per heavy atom. The molecule has 0 saturated carbocycles. The van der Waals surface area contributed by atoms with Crippen molar-refractivity contribution in [1.82, 2.24) is 23.3 Å². The van der Waals surface area contributed by atoms with Gasteiger partial charge in [-0.05, 0) is 30.3 Å². The zero-order valence-corrected chi connectivity index (χ0v) is 13.5. The van der Waals surface area contributed by atoms with Crippen LogP contribution in [0.5, 0.6) is 0 Å². The summed E-state index contributed by atoms with van der Waals surface area (Å²) >= 11 is 1.16. The van der Waals surface area contributed by atoms with Gasteiger partial charge < -0.3 is 5.73 Å². The predicted octanol–water partition coefficient (Wildman–Crippen LogP) is 3.03. The van der Waals surface area contributed by atoms with Crippen LogP contribution in [0.15, 0.2) is 42.5 Å². The second-order valence-corrected chi connectivity index (χ2v) is 6.06. The number of anilines is 1. The molecule has 0 aliphatic carbocycles. The van der Waals surface area contributed by atoms with Crippen LogP contribution in [-0.2, 0) is 0 Å². The molecule has 0 fully saturated rings. The molecule has 25 heavy (non-hydrogen) atoms. The molecule has 2 N–H and O–H groups in total. The minimum Gasteiger partial charge on any atom is -0.384 e. The van der Waals surface area contributed by atoms with Gasteiger partial charge in [-0.1, -0.05) is 12.1 Å². The number of hydrogen-bond acceptors (Lipinski definition) is 7. The van der Waals surface area contributed by atoms with Gasteiger partial charge in [-0.2, -0.15) is 14.0 Å². The first-order chi connectivity index (χ1) is 12.3. The Bertz CT molecular complexity index is 1330. The lowest BCUT2D eigenvalue weighted by atomic mass is 10.2. The van der Waals surface area contributed by atoms with Gasteiger partial charge >= 0.3 is 0 Å². The Balaban J connectivity index is 1.92. The molecule has 0 aliphatic heterocycles. The highest BCUT2D eigenvalue weighted by atomic mass is 32.1. The van der Waals surface area contributed by atoms with Crippen molar-refractivity contribution in [2.24, 2.45) is 0 Å². The van der Waals surface area contributed by atoms with Crippen molar-refractivity contribution in [3.8, 4) is 11.8 Å². The molecule has 0 atom stereocenters. The standard InChI is InChI=1S/C17H9N7S/c18-8-10-15-17(21-12-4-2-1-3-11(12)20-15)24(16(10)19)9-5-6-13-14(7-9)23-25-22-13/h1-7H,19H2. The molecule has 2 aromatic carbocycles. The molecule has 0 unspecified atom stereocenters. The van der Waals surface area contributed by atoms with Gasteiger partial charge in [0.2, 0.25) is 0 Å². The third-order valence-electron chi connectivity index (χ3n) is 4.11. The number of benzene rings is 2. The van der Waals surface area contributed by atoms with E-state index in [9.17, 15) is 5.26 Å². The van der Waals surface area contributed by atoms with Crippen LogP contribution in [0.25, 0.3) is 38.9 Å². The van der Waals surface area contributed by atoms with Crippen LogP contribution < -0.4 is 5.73 Å². The summed E-state index contributed by atoms with van der Waals surface area (Å²) in [4.78, 5) is 9.28. The second-order valence-electron chi connectivity index (χ2n) is 5.53. The highest BCUT2D eigenvalue weighted by Crippen LogP contribution is 2.31. The number of aromatic nitrogens is 5. The average molecular weight is 343 g/mol. The van der Waals surface area contributed by atoms with E-state index in [1.165, 1.54) is 0 Å². The number of fused-ring (bicyclic) bond motifs is 3. The number of hydrogen-bond donors (Lipinski definition) is 1. The maximum Gasteiger partial charge on any atom is 0.167 e. The first-order valence-electron chi connectivity index (χ1n) is 7.46. The molecule has 3 aromatic heterocycles. The van der Waals surface area contributed by atoms with E-state index in [1.807, 2.05) is 42.5 Å². The Labute approximate surface area is 145 Å². The third kappa shape index (κ3) is 1.90. The molecule has 7 nitrogen and oxygen atoms in total. The van der Waals surface area contributed by atoms with Gasteiger partial charge in [0.05, 0.1) is 28.4 Å². The van der Waals surface area contributed by atoms with Gasteiger partial charge in [0.25, 0.3) is 0 Å². The maximum atomic E-state index is 9.56. The topological polar surface area (TPSA) is 106 Å². The van der Waals surface area contributed by atoms with Gasteiger partial charge in [0.15, 0.2) is 5.65 Å². The molecule has 5 rings (SSSR count). The van der Waals surface area contributed by atoms with Crippen LogP contribution in [0.2, 0.25) is 0 Å². The van der Waals surface area contributed by atoms with E-state index in [0.717, 1.165) is 39.5 Å². The van der Waals surface area contributed by atoms with E-state index in [4.69, 9.17) is 5.73 Å². The lowest BCUT2D eigenvalue weighted by Crippen LogP contribution is -2.01. The van der Waals surface area contributed by atoms with Gasteiger partial charge in [-0.3, -0.25) is 4.57 Å². The molecular formula is C17H9N7S. The molecule has 0 bridgehead atoms. The van der Waals surface area contributed by atoms with E-state index in [-0.39, 0.29) is 0 Å². The van der Waals surface area contributed by atoms with Crippen molar-refractivity contribution >= 4 is 50.8 Å². The Kier molecular flexibility index (Phi) is 2.74. The fraction of sp³-hybridized carbons (Fsp3) is 0. The quantitative estimate of drug-likeness (QED) is 0.501. The number of para-hydroxylation sites is 2. The summed E-state index contributed by atoms with van der Waals surface area (Å²) in [5.74, 6) is 0.315. The van der Waals surface area contributed by atoms with Crippen LogP contribution in [0.4, 0.5) is 5.82 Å². The minimum absolute atomic E-state index is 0.315. The highest BCUT2D eigenvalue weighted by molar-refractivity contribution is 7.00. The smallest absolute Gasteiger partial charge is 0.167 e. The van der Waals surface area contributed by atoms with Crippen molar-refractivity contribution in [2.75, 3.05) is 5.73 Å². The summed E-state index contributed by atoms with van der Waals surface area (Å²) in [6, 6.07) is 15.3. The lowest BCUT2D eigenvalue weighted by Gasteiger charge is -2.07. The zero-order chi connectivity index (χ0) is 17.0. The molecule has 0 aliphatic rings. The second kappa shape index (κ2) is 4.96. The van der Waals surface area contributed by atoms with Crippen LogP contribution in [-0.4, -0.2) is 23.3 Å². The number of nitrogens with zero attached hydrogens (tertiary/aromatic N) is 6. The number of nitrogen functional groups attached to an aromatic ring is 1. The summed E-state index contributed by atoms with van der Waals surface area (Å²) < 4.78 is 10.2. The summed E-state index contributed by atoms with van der Waals surface area (Å²) in [5.41, 5.74) is 11.5. The normalized spacial score (nSPS) is 11.3. The van der Waals surface area contributed by atoms with Gasteiger partial charge in [0, 0.05) is 0 Å². The van der Waals surface area contributed by atoms with Crippen molar-refractivity contribution in [3.05, 3.63) is 48.0 Å². The number of nitrogens with two attached hydrogens (primary N) is 1. The van der Waals surface area contributed by atoms with Gasteiger partial charge in [-0.25, -0.2) is 9.97 Å². The van der Waals surface area contributed by atoms with Crippen molar-refractivity contribution in [1.29, 1.82) is 5.26 Å². The average Bonchev–Trinajstić information content (AvgIpc) is 3.20. The van der Waals surface area contributed by atoms with Crippen LogP contribution in [0.3, 0.4) is 0 Å². The predicted molar refractivity (Wildman–Crippen MR) is 96.5 cm³/mol. The summed E-state index contributed by atoms with van der Waals surface area (Å²) in [6.45, 7) is 0. The van der Waals surface area contributed by atoms with E-state index < -0.39 is 0 Å². The van der Waals surface area contributed by atoms with E-state index in [0.29, 0.717) is 22.5 Å². The Morgan fingerprint density at radius 3 is 2.52 bits per heavy atom. The molecule has 8 heteroatoms. The van der Waals surface area contributed by atoms with Gasteiger partial charge in [0.1, 0.15) is 34.0 Å². The van der Waals surface area contributed by atoms with E-state index in [1.54, 1.807) is 4.57 Å². The highest BCUT2D eigenvalue weighted by Gasteiger charge is 2.20. The Morgan fingerprint density at radius 1 is 0.960 bits per heavy atom. The first kappa shape index (κ1) is 13.8. The molecule has 0 radical (unpaired) electrons. The molecule has 3 heterocycles. The molecule has 118 valence electrons. The monoisotopic (exact) mass is 343 g/mol. The van der Waals surface area contributed by atoms with Crippen LogP contribution in [0.1, 0.15) is 5.56 Å². The Hall–Kier alpha value is -3.57. The summed E-state index contributed by atoms with van der Waals surface area (Å²) in [7, 11) is 0. The molecule has 5 aromatic rings. The number of nitriles is 1. The summed E-state index contributed by atoms with van der Waals surface area (Å²) in [6.07, 6.45) is 0. The maximum absolute atomic E-state index is 9.56. The van der Waals surface area contributed by atoms with Crippen LogP contribution >= 0.6 is 11.7 Å². The number of rotatable bonds is 1. The molecule has 0 spiro atoms. The van der Waals surface area contributed by atoms with E-state index >= 15 is 0 Å². The third-order valence-corrected chi connectivity index (χ3v) is 4.66. The van der Waals surface area contributed by atoms with Gasteiger partial charge in [-0.15, -0.1) is 0 Å². The van der Waals surface area contributed by atoms with Crippen molar-refractivity contribution < 1.29 is 0 Å². The SMILES string of the molecule is N#Cc1c(N)n(-c2ccc3nsnc3c2)c2nc3ccccc3nc12. The fourth-order valence-corrected chi connectivity index (χ4v) is 3.46. The molecular weight excluding hydrogens is 334 g/mol. The van der Waals surface area contributed by atoms with Crippen LogP contribution in [0, 0.1) is 11.3 Å². The minimum atomic E-state index is 0.315. The summed E-state index contributed by atoms with van der Waals surface area (Å²) in [5, 5.41) is 9.56. The van der Waals surface area contributed by atoms with Crippen molar-refractivity contribution in [3.63, 3.8) is 0 Å². The molecule has 0 amide bonds. The van der Waals surface area contributed by atoms with E-state index in [2.05, 4.69) is 24.8 Å². The van der Waals surface area contributed by atoms with Crippen molar-refractivity contribution in [2.45, 2.75) is 0 Å².